The van der Waals surface area contributed by atoms with E-state index in [4.69, 9.17) is 0 Å². The van der Waals surface area contributed by atoms with Gasteiger partial charge in [-0.05, 0) is 36.3 Å². The number of rotatable bonds is 3. The third-order valence-electron chi connectivity index (χ3n) is 5.83. The Hall–Kier alpha value is -1.35. The standard InChI is InChI=1S/C19H26N2O/c22-19(11-15-5-1-2-6-15)21-13-18(14-21)20-10-9-16-7-3-4-8-17(16)12-20/h3-4,7-8,15,18H,1-2,5-6,9-14H2. The van der Waals surface area contributed by atoms with Gasteiger partial charge in [0, 0.05) is 38.6 Å². The van der Waals surface area contributed by atoms with Crippen molar-refractivity contribution < 1.29 is 4.79 Å². The van der Waals surface area contributed by atoms with E-state index in [0.717, 1.165) is 39.0 Å². The lowest BCUT2D eigenvalue weighted by molar-refractivity contribution is -0.140. The first-order chi connectivity index (χ1) is 10.8. The highest BCUT2D eigenvalue weighted by molar-refractivity contribution is 5.77. The summed E-state index contributed by atoms with van der Waals surface area (Å²) in [5.41, 5.74) is 2.98. The molecule has 1 saturated carbocycles. The molecule has 0 spiro atoms. The summed E-state index contributed by atoms with van der Waals surface area (Å²) in [6, 6.07) is 9.37. The number of carbonyl (C=O) groups is 1. The third kappa shape index (κ3) is 2.79. The number of hydrogen-bond donors (Lipinski definition) is 0. The molecule has 3 heteroatoms. The van der Waals surface area contributed by atoms with E-state index >= 15 is 0 Å². The van der Waals surface area contributed by atoms with Crippen molar-refractivity contribution in [1.82, 2.24) is 9.80 Å². The number of fused-ring (bicyclic) bond motifs is 1. The van der Waals surface area contributed by atoms with Crippen LogP contribution in [-0.2, 0) is 17.8 Å². The van der Waals surface area contributed by atoms with Gasteiger partial charge in [0.15, 0.2) is 0 Å². The van der Waals surface area contributed by atoms with Crippen LogP contribution in [0, 0.1) is 5.92 Å². The summed E-state index contributed by atoms with van der Waals surface area (Å²) in [6.45, 7) is 4.11. The fourth-order valence-electron chi connectivity index (χ4n) is 4.31. The quantitative estimate of drug-likeness (QED) is 0.856. The molecule has 1 aromatic carbocycles. The molecule has 1 aromatic rings. The Labute approximate surface area is 133 Å². The molecule has 0 N–H and O–H groups in total. The van der Waals surface area contributed by atoms with Gasteiger partial charge in [-0.2, -0.15) is 0 Å². The molecular formula is C19H26N2O. The van der Waals surface area contributed by atoms with E-state index in [-0.39, 0.29) is 0 Å². The van der Waals surface area contributed by atoms with E-state index < -0.39 is 0 Å². The molecule has 0 bridgehead atoms. The van der Waals surface area contributed by atoms with Gasteiger partial charge in [-0.3, -0.25) is 9.69 Å². The van der Waals surface area contributed by atoms with E-state index in [9.17, 15) is 4.79 Å². The minimum absolute atomic E-state index is 0.403. The van der Waals surface area contributed by atoms with Crippen molar-refractivity contribution in [2.75, 3.05) is 19.6 Å². The van der Waals surface area contributed by atoms with Crippen molar-refractivity contribution >= 4 is 5.91 Å². The Kier molecular flexibility index (Phi) is 3.91. The van der Waals surface area contributed by atoms with Crippen molar-refractivity contribution in [1.29, 1.82) is 0 Å². The molecule has 3 aliphatic rings. The van der Waals surface area contributed by atoms with Gasteiger partial charge in [0.25, 0.3) is 0 Å². The second kappa shape index (κ2) is 6.04. The van der Waals surface area contributed by atoms with Crippen molar-refractivity contribution in [3.63, 3.8) is 0 Å². The molecule has 0 atom stereocenters. The lowest BCUT2D eigenvalue weighted by Crippen LogP contribution is -2.61. The van der Waals surface area contributed by atoms with Gasteiger partial charge >= 0.3 is 0 Å². The molecule has 118 valence electrons. The van der Waals surface area contributed by atoms with Crippen molar-refractivity contribution in [2.24, 2.45) is 5.92 Å². The highest BCUT2D eigenvalue weighted by Crippen LogP contribution is 2.30. The van der Waals surface area contributed by atoms with Crippen LogP contribution in [-0.4, -0.2) is 41.4 Å². The summed E-state index contributed by atoms with van der Waals surface area (Å²) in [6.07, 6.45) is 7.15. The van der Waals surface area contributed by atoms with Gasteiger partial charge in [-0.1, -0.05) is 37.1 Å². The monoisotopic (exact) mass is 298 g/mol. The average Bonchev–Trinajstić information content (AvgIpc) is 2.98. The number of carbonyl (C=O) groups excluding carboxylic acids is 1. The summed E-state index contributed by atoms with van der Waals surface area (Å²) in [4.78, 5) is 17.0. The van der Waals surface area contributed by atoms with Gasteiger partial charge < -0.3 is 4.90 Å². The number of amides is 1. The molecule has 4 rings (SSSR count). The Morgan fingerprint density at radius 1 is 1.09 bits per heavy atom. The van der Waals surface area contributed by atoms with Gasteiger partial charge in [0.2, 0.25) is 5.91 Å². The molecule has 1 aliphatic carbocycles. The van der Waals surface area contributed by atoms with E-state index in [1.807, 2.05) is 0 Å². The maximum absolute atomic E-state index is 12.3. The van der Waals surface area contributed by atoms with Crippen LogP contribution in [0.2, 0.25) is 0 Å². The minimum Gasteiger partial charge on any atom is -0.339 e. The number of likely N-dealkylation sites (tertiary alicyclic amines) is 1. The maximum Gasteiger partial charge on any atom is 0.222 e. The summed E-state index contributed by atoms with van der Waals surface area (Å²) >= 11 is 0. The topological polar surface area (TPSA) is 23.6 Å². The molecule has 1 saturated heterocycles. The normalized spacial score (nSPS) is 23.4. The second-order valence-corrected chi connectivity index (χ2v) is 7.30. The summed E-state index contributed by atoms with van der Waals surface area (Å²) < 4.78 is 0. The molecule has 22 heavy (non-hydrogen) atoms. The highest BCUT2D eigenvalue weighted by Gasteiger charge is 2.36. The number of hydrogen-bond acceptors (Lipinski definition) is 2. The van der Waals surface area contributed by atoms with E-state index in [0.29, 0.717) is 17.9 Å². The first kappa shape index (κ1) is 14.3. The minimum atomic E-state index is 0.403. The van der Waals surface area contributed by atoms with E-state index in [2.05, 4.69) is 34.1 Å². The molecule has 2 heterocycles. The Balaban J connectivity index is 1.28. The largest absolute Gasteiger partial charge is 0.339 e. The van der Waals surface area contributed by atoms with Crippen LogP contribution in [0.1, 0.15) is 43.2 Å². The number of benzene rings is 1. The summed E-state index contributed by atoms with van der Waals surface area (Å²) in [5, 5.41) is 0. The first-order valence-electron chi connectivity index (χ1n) is 8.88. The predicted molar refractivity (Wildman–Crippen MR) is 87.5 cm³/mol. The lowest BCUT2D eigenvalue weighted by Gasteiger charge is -2.47. The fraction of sp³-hybridized carbons (Fsp3) is 0.632. The second-order valence-electron chi connectivity index (χ2n) is 7.30. The number of nitrogens with zero attached hydrogens (tertiary/aromatic N) is 2. The zero-order valence-corrected chi connectivity index (χ0v) is 13.3. The maximum atomic E-state index is 12.3. The third-order valence-corrected chi connectivity index (χ3v) is 5.83. The fourth-order valence-corrected chi connectivity index (χ4v) is 4.31. The molecule has 2 fully saturated rings. The lowest BCUT2D eigenvalue weighted by atomic mass is 9.95. The van der Waals surface area contributed by atoms with Crippen LogP contribution < -0.4 is 0 Å². The van der Waals surface area contributed by atoms with Crippen molar-refractivity contribution in [3.05, 3.63) is 35.4 Å². The van der Waals surface area contributed by atoms with Crippen LogP contribution in [0.5, 0.6) is 0 Å². The Bertz CT molecular complexity index is 544. The molecular weight excluding hydrogens is 272 g/mol. The zero-order chi connectivity index (χ0) is 14.9. The smallest absolute Gasteiger partial charge is 0.222 e. The first-order valence-corrected chi connectivity index (χ1v) is 8.88. The van der Waals surface area contributed by atoms with Crippen LogP contribution in [0.25, 0.3) is 0 Å². The molecule has 1 amide bonds. The van der Waals surface area contributed by atoms with Crippen molar-refractivity contribution in [2.45, 2.75) is 51.1 Å². The predicted octanol–water partition coefficient (Wildman–Crippen LogP) is 2.84. The molecule has 3 nitrogen and oxygen atoms in total. The van der Waals surface area contributed by atoms with Gasteiger partial charge in [-0.25, -0.2) is 0 Å². The van der Waals surface area contributed by atoms with Crippen LogP contribution in [0.4, 0.5) is 0 Å². The molecule has 0 aromatic heterocycles. The molecule has 0 unspecified atom stereocenters. The average molecular weight is 298 g/mol. The van der Waals surface area contributed by atoms with Crippen LogP contribution >= 0.6 is 0 Å². The van der Waals surface area contributed by atoms with Crippen molar-refractivity contribution in [3.8, 4) is 0 Å². The summed E-state index contributed by atoms with van der Waals surface area (Å²) in [5.74, 6) is 1.08. The zero-order valence-electron chi connectivity index (χ0n) is 13.3. The highest BCUT2D eigenvalue weighted by atomic mass is 16.2. The molecule has 0 radical (unpaired) electrons. The van der Waals surface area contributed by atoms with E-state index in [1.54, 1.807) is 0 Å². The molecule has 2 aliphatic heterocycles. The Morgan fingerprint density at radius 2 is 1.82 bits per heavy atom. The summed E-state index contributed by atoms with van der Waals surface area (Å²) in [7, 11) is 0. The van der Waals surface area contributed by atoms with Crippen LogP contribution in [0.15, 0.2) is 24.3 Å². The Morgan fingerprint density at radius 3 is 2.59 bits per heavy atom. The van der Waals surface area contributed by atoms with Gasteiger partial charge in [-0.15, -0.1) is 0 Å². The van der Waals surface area contributed by atoms with E-state index in [1.165, 1.54) is 36.8 Å². The SMILES string of the molecule is O=C(CC1CCCC1)N1CC(N2CCc3ccccc3C2)C1. The van der Waals surface area contributed by atoms with Gasteiger partial charge in [0.1, 0.15) is 0 Å². The van der Waals surface area contributed by atoms with Crippen LogP contribution in [0.3, 0.4) is 0 Å². The van der Waals surface area contributed by atoms with Gasteiger partial charge in [0.05, 0.1) is 0 Å².